The topological polar surface area (TPSA) is 26.3 Å². The fourth-order valence-corrected chi connectivity index (χ4v) is 1.75. The first kappa shape index (κ1) is 14.4. The van der Waals surface area contributed by atoms with E-state index in [-0.39, 0.29) is 11.9 Å². The SMILES string of the molecule is CC=CCC(C)C(=O)OCC[Si](C)(C)C. The van der Waals surface area contributed by atoms with E-state index in [0.29, 0.717) is 6.61 Å². The Morgan fingerprint density at radius 3 is 2.47 bits per heavy atom. The van der Waals surface area contributed by atoms with Crippen LogP contribution in [0.4, 0.5) is 0 Å². The minimum atomic E-state index is -1.08. The van der Waals surface area contributed by atoms with Crippen molar-refractivity contribution >= 4 is 14.0 Å². The highest BCUT2D eigenvalue weighted by molar-refractivity contribution is 6.76. The zero-order valence-corrected chi connectivity index (χ0v) is 11.7. The van der Waals surface area contributed by atoms with E-state index in [0.717, 1.165) is 12.5 Å². The molecule has 1 unspecified atom stereocenters. The maximum absolute atomic E-state index is 11.5. The van der Waals surface area contributed by atoms with Crippen LogP contribution in [0.25, 0.3) is 0 Å². The molecule has 0 aliphatic carbocycles. The number of rotatable bonds is 6. The molecule has 3 heteroatoms. The fraction of sp³-hybridized carbons (Fsp3) is 0.750. The number of carbonyl (C=O) groups excluding carboxylic acids is 1. The molecule has 0 aliphatic heterocycles. The van der Waals surface area contributed by atoms with Crippen LogP contribution in [0.3, 0.4) is 0 Å². The second kappa shape index (κ2) is 6.83. The summed E-state index contributed by atoms with van der Waals surface area (Å²) in [5.41, 5.74) is 0. The largest absolute Gasteiger partial charge is 0.466 e. The highest BCUT2D eigenvalue weighted by Crippen LogP contribution is 2.10. The lowest BCUT2D eigenvalue weighted by molar-refractivity contribution is -0.147. The Morgan fingerprint density at radius 2 is 2.00 bits per heavy atom. The smallest absolute Gasteiger partial charge is 0.308 e. The van der Waals surface area contributed by atoms with Gasteiger partial charge in [0.05, 0.1) is 12.5 Å². The molecule has 88 valence electrons. The van der Waals surface area contributed by atoms with Crippen molar-refractivity contribution in [2.24, 2.45) is 5.92 Å². The van der Waals surface area contributed by atoms with E-state index >= 15 is 0 Å². The lowest BCUT2D eigenvalue weighted by Gasteiger charge is -2.16. The highest BCUT2D eigenvalue weighted by Gasteiger charge is 2.16. The number of esters is 1. The van der Waals surface area contributed by atoms with Crippen LogP contribution in [0.2, 0.25) is 25.7 Å². The summed E-state index contributed by atoms with van der Waals surface area (Å²) in [5.74, 6) is -0.0748. The van der Waals surface area contributed by atoms with Crippen LogP contribution in [-0.4, -0.2) is 20.7 Å². The molecule has 0 aromatic heterocycles. The maximum Gasteiger partial charge on any atom is 0.308 e. The summed E-state index contributed by atoms with van der Waals surface area (Å²) in [5, 5.41) is 0. The average molecular weight is 228 g/mol. The fourth-order valence-electron chi connectivity index (χ4n) is 1.04. The summed E-state index contributed by atoms with van der Waals surface area (Å²) < 4.78 is 5.24. The Labute approximate surface area is 94.7 Å². The Morgan fingerprint density at radius 1 is 1.40 bits per heavy atom. The molecule has 0 aromatic carbocycles. The van der Waals surface area contributed by atoms with Gasteiger partial charge < -0.3 is 4.74 Å². The van der Waals surface area contributed by atoms with Gasteiger partial charge in [-0.3, -0.25) is 4.79 Å². The van der Waals surface area contributed by atoms with Gasteiger partial charge in [-0.25, -0.2) is 0 Å². The van der Waals surface area contributed by atoms with Gasteiger partial charge in [-0.1, -0.05) is 38.7 Å². The molecule has 0 aliphatic rings. The van der Waals surface area contributed by atoms with Crippen molar-refractivity contribution < 1.29 is 9.53 Å². The molecule has 0 saturated heterocycles. The molecular formula is C12H24O2Si. The Bertz CT molecular complexity index is 216. The van der Waals surface area contributed by atoms with Crippen LogP contribution in [0, 0.1) is 5.92 Å². The van der Waals surface area contributed by atoms with Crippen LogP contribution in [0.5, 0.6) is 0 Å². The number of hydrogen-bond donors (Lipinski definition) is 0. The zero-order valence-electron chi connectivity index (χ0n) is 10.7. The number of ether oxygens (including phenoxy) is 1. The summed E-state index contributed by atoms with van der Waals surface area (Å²) >= 11 is 0. The van der Waals surface area contributed by atoms with Crippen molar-refractivity contribution in [2.45, 2.75) is 46.0 Å². The van der Waals surface area contributed by atoms with Crippen LogP contribution in [0.1, 0.15) is 20.3 Å². The number of hydrogen-bond acceptors (Lipinski definition) is 2. The lowest BCUT2D eigenvalue weighted by atomic mass is 10.1. The van der Waals surface area contributed by atoms with Gasteiger partial charge in [-0.2, -0.15) is 0 Å². The minimum absolute atomic E-state index is 0.0113. The van der Waals surface area contributed by atoms with Crippen molar-refractivity contribution in [3.8, 4) is 0 Å². The van der Waals surface area contributed by atoms with E-state index in [1.807, 2.05) is 26.0 Å². The first-order chi connectivity index (χ1) is 6.87. The lowest BCUT2D eigenvalue weighted by Crippen LogP contribution is -2.24. The van der Waals surface area contributed by atoms with Crippen molar-refractivity contribution in [3.05, 3.63) is 12.2 Å². The maximum atomic E-state index is 11.5. The van der Waals surface area contributed by atoms with Gasteiger partial charge in [-0.05, 0) is 19.4 Å². The molecule has 0 saturated carbocycles. The predicted octanol–water partition coefficient (Wildman–Crippen LogP) is 3.47. The quantitative estimate of drug-likeness (QED) is 0.395. The molecule has 1 atom stereocenters. The Balaban J connectivity index is 3.74. The molecule has 0 heterocycles. The summed E-state index contributed by atoms with van der Waals surface area (Å²) in [6.45, 7) is 11.3. The summed E-state index contributed by atoms with van der Waals surface area (Å²) in [6, 6.07) is 1.05. The third-order valence-corrected chi connectivity index (χ3v) is 3.93. The molecule has 0 amide bonds. The van der Waals surface area contributed by atoms with Crippen molar-refractivity contribution in [3.63, 3.8) is 0 Å². The van der Waals surface area contributed by atoms with Crippen molar-refractivity contribution in [1.29, 1.82) is 0 Å². The van der Waals surface area contributed by atoms with E-state index < -0.39 is 8.07 Å². The zero-order chi connectivity index (χ0) is 11.9. The molecular weight excluding hydrogens is 204 g/mol. The van der Waals surface area contributed by atoms with Gasteiger partial charge >= 0.3 is 5.97 Å². The molecule has 15 heavy (non-hydrogen) atoms. The normalized spacial score (nSPS) is 14.2. The first-order valence-electron chi connectivity index (χ1n) is 5.64. The molecule has 0 fully saturated rings. The minimum Gasteiger partial charge on any atom is -0.466 e. The van der Waals surface area contributed by atoms with Crippen LogP contribution >= 0.6 is 0 Å². The van der Waals surface area contributed by atoms with Crippen molar-refractivity contribution in [1.82, 2.24) is 0 Å². The van der Waals surface area contributed by atoms with E-state index in [1.54, 1.807) is 0 Å². The van der Waals surface area contributed by atoms with Gasteiger partial charge in [0.1, 0.15) is 0 Å². The van der Waals surface area contributed by atoms with Crippen LogP contribution in [-0.2, 0) is 9.53 Å². The first-order valence-corrected chi connectivity index (χ1v) is 9.35. The number of allylic oxidation sites excluding steroid dienone is 2. The average Bonchev–Trinajstić information content (AvgIpc) is 2.11. The van der Waals surface area contributed by atoms with E-state index in [4.69, 9.17) is 4.74 Å². The van der Waals surface area contributed by atoms with E-state index in [9.17, 15) is 4.79 Å². The summed E-state index contributed by atoms with van der Waals surface area (Å²) in [6.07, 6.45) is 4.75. The number of carbonyl (C=O) groups is 1. The molecule has 0 radical (unpaired) electrons. The highest BCUT2D eigenvalue weighted by atomic mass is 28.3. The summed E-state index contributed by atoms with van der Waals surface area (Å²) in [4.78, 5) is 11.5. The molecule has 2 nitrogen and oxygen atoms in total. The van der Waals surface area contributed by atoms with Crippen LogP contribution < -0.4 is 0 Å². The monoisotopic (exact) mass is 228 g/mol. The van der Waals surface area contributed by atoms with E-state index in [2.05, 4.69) is 19.6 Å². The van der Waals surface area contributed by atoms with Gasteiger partial charge in [0.25, 0.3) is 0 Å². The van der Waals surface area contributed by atoms with Crippen molar-refractivity contribution in [2.75, 3.05) is 6.61 Å². The van der Waals surface area contributed by atoms with E-state index in [1.165, 1.54) is 0 Å². The van der Waals surface area contributed by atoms with Gasteiger partial charge in [0, 0.05) is 8.07 Å². The second-order valence-electron chi connectivity index (χ2n) is 5.18. The Hall–Kier alpha value is -0.573. The molecule has 0 rings (SSSR count). The molecule has 0 spiro atoms. The van der Waals surface area contributed by atoms with Crippen LogP contribution in [0.15, 0.2) is 12.2 Å². The standard InChI is InChI=1S/C12H24O2Si/c1-6-7-8-11(2)12(13)14-9-10-15(3,4)5/h6-7,11H,8-10H2,1-5H3. The third-order valence-electron chi connectivity index (χ3n) is 2.22. The van der Waals surface area contributed by atoms with Gasteiger partial charge in [0.2, 0.25) is 0 Å². The predicted molar refractivity (Wildman–Crippen MR) is 67.7 cm³/mol. The molecule has 0 N–H and O–H groups in total. The Kier molecular flexibility index (Phi) is 6.57. The summed E-state index contributed by atoms with van der Waals surface area (Å²) in [7, 11) is -1.08. The molecule has 0 bridgehead atoms. The van der Waals surface area contributed by atoms with Gasteiger partial charge in [-0.15, -0.1) is 0 Å². The third kappa shape index (κ3) is 8.42. The second-order valence-corrected chi connectivity index (χ2v) is 10.8. The molecule has 0 aromatic rings. The van der Waals surface area contributed by atoms with Gasteiger partial charge in [0.15, 0.2) is 0 Å².